The summed E-state index contributed by atoms with van der Waals surface area (Å²) in [6.45, 7) is 10.2. The van der Waals surface area contributed by atoms with E-state index >= 15 is 0 Å². The molecule has 1 heterocycles. The van der Waals surface area contributed by atoms with Crippen molar-refractivity contribution < 1.29 is 14.1 Å². The van der Waals surface area contributed by atoms with Gasteiger partial charge in [-0.15, -0.1) is 0 Å². The van der Waals surface area contributed by atoms with E-state index in [1.54, 1.807) is 20.3 Å². The highest BCUT2D eigenvalue weighted by atomic mass is 16.7. The molecule has 21 heavy (non-hydrogen) atoms. The molecule has 0 radical (unpaired) electrons. The zero-order valence-corrected chi connectivity index (χ0v) is 14.3. The Kier molecular flexibility index (Phi) is 5.47. The molecule has 0 spiro atoms. The van der Waals surface area contributed by atoms with E-state index in [9.17, 15) is 4.79 Å². The first kappa shape index (κ1) is 18.0. The van der Waals surface area contributed by atoms with Crippen LogP contribution in [0.4, 0.5) is 0 Å². The van der Waals surface area contributed by atoms with Crippen LogP contribution in [0, 0.1) is 0 Å². The summed E-state index contributed by atoms with van der Waals surface area (Å²) >= 11 is 0. The molecule has 120 valence electrons. The van der Waals surface area contributed by atoms with E-state index in [0.717, 1.165) is 11.9 Å². The average molecular weight is 297 g/mol. The molecular formula is C14H28BN3O3. The largest absolute Gasteiger partial charge is 0.492 e. The summed E-state index contributed by atoms with van der Waals surface area (Å²) in [6.07, 6.45) is 2.48. The van der Waals surface area contributed by atoms with Gasteiger partial charge in [0.15, 0.2) is 0 Å². The van der Waals surface area contributed by atoms with Crippen molar-refractivity contribution in [2.45, 2.75) is 52.2 Å². The summed E-state index contributed by atoms with van der Waals surface area (Å²) in [5, 5.41) is 1.38. The van der Waals surface area contributed by atoms with Gasteiger partial charge in [-0.2, -0.15) is 0 Å². The summed E-state index contributed by atoms with van der Waals surface area (Å²) in [5.41, 5.74) is 0.151. The van der Waals surface area contributed by atoms with Gasteiger partial charge in [0, 0.05) is 20.3 Å². The molecule has 0 aromatic rings. The lowest BCUT2D eigenvalue weighted by Crippen LogP contribution is -2.41. The van der Waals surface area contributed by atoms with Gasteiger partial charge in [0.05, 0.1) is 11.2 Å². The Hall–Kier alpha value is -1.05. The van der Waals surface area contributed by atoms with Gasteiger partial charge < -0.3 is 19.2 Å². The summed E-state index contributed by atoms with van der Waals surface area (Å²) in [4.78, 5) is 13.2. The van der Waals surface area contributed by atoms with Crippen molar-refractivity contribution in [1.82, 2.24) is 9.91 Å². The van der Waals surface area contributed by atoms with Gasteiger partial charge >= 0.3 is 7.12 Å². The Morgan fingerprint density at radius 1 is 1.19 bits per heavy atom. The van der Waals surface area contributed by atoms with Crippen molar-refractivity contribution in [3.05, 3.63) is 11.7 Å². The topological polar surface area (TPSA) is 68.0 Å². The zero-order chi connectivity index (χ0) is 16.4. The molecule has 6 nitrogen and oxygen atoms in total. The molecule has 0 aliphatic carbocycles. The smallest absolute Gasteiger partial charge is 0.400 e. The normalized spacial score (nSPS) is 20.6. The first-order chi connectivity index (χ1) is 9.50. The minimum atomic E-state index is -0.430. The molecule has 1 saturated heterocycles. The third kappa shape index (κ3) is 4.21. The molecule has 0 aromatic heterocycles. The molecule has 0 aromatic carbocycles. The van der Waals surface area contributed by atoms with E-state index in [2.05, 4.69) is 0 Å². The highest BCUT2D eigenvalue weighted by molar-refractivity contribution is 6.54. The van der Waals surface area contributed by atoms with Crippen LogP contribution in [-0.4, -0.2) is 54.8 Å². The van der Waals surface area contributed by atoms with Crippen LogP contribution in [0.1, 0.15) is 41.0 Å². The van der Waals surface area contributed by atoms with Crippen LogP contribution < -0.4 is 5.84 Å². The van der Waals surface area contributed by atoms with Gasteiger partial charge in [-0.25, -0.2) is 5.84 Å². The van der Waals surface area contributed by atoms with E-state index in [1.807, 2.05) is 34.6 Å². The Balaban J connectivity index is 2.80. The fourth-order valence-corrected chi connectivity index (χ4v) is 1.87. The van der Waals surface area contributed by atoms with Gasteiger partial charge in [-0.1, -0.05) is 6.92 Å². The van der Waals surface area contributed by atoms with Crippen molar-refractivity contribution >= 4 is 13.0 Å². The highest BCUT2D eigenvalue weighted by Gasteiger charge is 2.52. The van der Waals surface area contributed by atoms with Crippen molar-refractivity contribution in [2.75, 3.05) is 20.6 Å². The monoisotopic (exact) mass is 297 g/mol. The van der Waals surface area contributed by atoms with Gasteiger partial charge in [-0.05, 0) is 39.6 Å². The van der Waals surface area contributed by atoms with Crippen LogP contribution in [0.25, 0.3) is 0 Å². The number of carbonyl (C=O) groups excluding carboxylic acids is 1. The molecule has 1 amide bonds. The number of nitrogens with zero attached hydrogens (tertiary/aromatic N) is 2. The third-order valence-electron chi connectivity index (χ3n) is 4.11. The third-order valence-corrected chi connectivity index (χ3v) is 4.11. The van der Waals surface area contributed by atoms with Crippen LogP contribution >= 0.6 is 0 Å². The quantitative estimate of drug-likeness (QED) is 0.469. The number of allylic oxidation sites excluding steroid dienone is 1. The Morgan fingerprint density at radius 2 is 1.67 bits per heavy atom. The van der Waals surface area contributed by atoms with E-state index in [-0.39, 0.29) is 23.7 Å². The molecule has 1 aliphatic rings. The summed E-state index contributed by atoms with van der Waals surface area (Å²) in [7, 11) is 2.98. The second kappa shape index (κ2) is 6.38. The maximum Gasteiger partial charge on any atom is 0.492 e. The van der Waals surface area contributed by atoms with Crippen LogP contribution in [0.2, 0.25) is 0 Å². The van der Waals surface area contributed by atoms with Crippen molar-refractivity contribution in [3.63, 3.8) is 0 Å². The SMILES string of the molecule is CC/C(=C\N(N)CC(=O)N(C)C)B1OC(C)(C)C(C)(C)O1. The molecule has 0 saturated carbocycles. The van der Waals surface area contributed by atoms with E-state index in [1.165, 1.54) is 9.91 Å². The zero-order valence-electron chi connectivity index (χ0n) is 14.3. The molecule has 7 heteroatoms. The lowest BCUT2D eigenvalue weighted by Gasteiger charge is -2.32. The van der Waals surface area contributed by atoms with Gasteiger partial charge in [-0.3, -0.25) is 4.79 Å². The van der Waals surface area contributed by atoms with Gasteiger partial charge in [0.25, 0.3) is 0 Å². The van der Waals surface area contributed by atoms with Crippen molar-refractivity contribution in [1.29, 1.82) is 0 Å². The van der Waals surface area contributed by atoms with Crippen LogP contribution in [0.15, 0.2) is 11.7 Å². The molecular weight excluding hydrogens is 269 g/mol. The second-order valence-electron chi connectivity index (χ2n) is 6.61. The molecule has 2 N–H and O–H groups in total. The summed E-state index contributed by atoms with van der Waals surface area (Å²) < 4.78 is 12.0. The minimum Gasteiger partial charge on any atom is -0.400 e. The molecule has 0 bridgehead atoms. The predicted molar refractivity (Wildman–Crippen MR) is 84.0 cm³/mol. The van der Waals surface area contributed by atoms with Crippen molar-refractivity contribution in [3.8, 4) is 0 Å². The molecule has 1 fully saturated rings. The predicted octanol–water partition coefficient (Wildman–Crippen LogP) is 1.18. The second-order valence-corrected chi connectivity index (χ2v) is 6.61. The van der Waals surface area contributed by atoms with Gasteiger partial charge in [0.1, 0.15) is 6.54 Å². The molecule has 1 rings (SSSR count). The van der Waals surface area contributed by atoms with E-state index < -0.39 is 7.12 Å². The van der Waals surface area contributed by atoms with E-state index in [4.69, 9.17) is 15.2 Å². The molecule has 1 aliphatic heterocycles. The lowest BCUT2D eigenvalue weighted by atomic mass is 9.77. The van der Waals surface area contributed by atoms with Crippen LogP contribution in [-0.2, 0) is 14.1 Å². The fourth-order valence-electron chi connectivity index (χ4n) is 1.87. The maximum atomic E-state index is 11.7. The number of hydrazine groups is 1. The highest BCUT2D eigenvalue weighted by Crippen LogP contribution is 2.38. The maximum absolute atomic E-state index is 11.7. The molecule has 0 unspecified atom stereocenters. The van der Waals surface area contributed by atoms with Gasteiger partial charge in [0.2, 0.25) is 5.91 Å². The lowest BCUT2D eigenvalue weighted by molar-refractivity contribution is -0.129. The summed E-state index contributed by atoms with van der Waals surface area (Å²) in [6, 6.07) is 0. The number of rotatable bonds is 5. The molecule has 0 atom stereocenters. The number of likely N-dealkylation sites (N-methyl/N-ethyl adjacent to an activating group) is 1. The number of nitrogens with two attached hydrogens (primary N) is 1. The number of hydrogen-bond acceptors (Lipinski definition) is 5. The van der Waals surface area contributed by atoms with E-state index in [0.29, 0.717) is 0 Å². The van der Waals surface area contributed by atoms with Crippen molar-refractivity contribution in [2.24, 2.45) is 5.84 Å². The minimum absolute atomic E-state index is 0.0573. The number of hydrogen-bond donors (Lipinski definition) is 1. The Labute approximate surface area is 128 Å². The number of carbonyl (C=O) groups is 1. The number of amides is 1. The standard InChI is InChI=1S/C14H28BN3O3/c1-8-11(9-18(16)10-12(19)17(6)7)15-20-13(2,3)14(4,5)21-15/h9H,8,10,16H2,1-7H3/b11-9+. The first-order valence-electron chi connectivity index (χ1n) is 7.28. The first-order valence-corrected chi connectivity index (χ1v) is 7.28. The summed E-state index contributed by atoms with van der Waals surface area (Å²) in [5.74, 6) is 5.83. The average Bonchev–Trinajstić information content (AvgIpc) is 2.55. The van der Waals surface area contributed by atoms with Crippen LogP contribution in [0.3, 0.4) is 0 Å². The Bertz CT molecular complexity index is 406. The fraction of sp³-hybridized carbons (Fsp3) is 0.786. The Morgan fingerprint density at radius 3 is 2.05 bits per heavy atom. The van der Waals surface area contributed by atoms with Crippen LogP contribution in [0.5, 0.6) is 0 Å².